The minimum absolute atomic E-state index is 0. The Bertz CT molecular complexity index is 777. The number of nitrogens with one attached hydrogen (secondary N) is 2. The van der Waals surface area contributed by atoms with Gasteiger partial charge in [0.1, 0.15) is 11.9 Å². The van der Waals surface area contributed by atoms with Gasteiger partial charge in [-0.3, -0.25) is 0 Å². The Balaban J connectivity index is 0.00000320. The Labute approximate surface area is 195 Å². The third-order valence-electron chi connectivity index (χ3n) is 4.95. The fraction of sp³-hybridized carbons (Fsp3) is 0.500. The number of benzene rings is 1. The first-order chi connectivity index (χ1) is 14.2. The van der Waals surface area contributed by atoms with Crippen LogP contribution in [0.25, 0.3) is 0 Å². The number of furan rings is 1. The maximum absolute atomic E-state index is 10.2. The smallest absolute Gasteiger partial charge is 0.191 e. The molecule has 1 unspecified atom stereocenters. The Hall–Kier alpha value is -1.94. The summed E-state index contributed by atoms with van der Waals surface area (Å²) in [7, 11) is 1.66. The first kappa shape index (κ1) is 24.3. The lowest BCUT2D eigenvalue weighted by atomic mass is 10.1. The van der Waals surface area contributed by atoms with Gasteiger partial charge in [-0.15, -0.1) is 24.0 Å². The fourth-order valence-electron chi connectivity index (χ4n) is 3.43. The van der Waals surface area contributed by atoms with Crippen LogP contribution in [-0.2, 0) is 6.54 Å². The van der Waals surface area contributed by atoms with E-state index in [0.717, 1.165) is 29.9 Å². The van der Waals surface area contributed by atoms with Crippen molar-refractivity contribution in [2.24, 2.45) is 4.99 Å². The van der Waals surface area contributed by atoms with Gasteiger partial charge in [0.15, 0.2) is 17.5 Å². The number of aliphatic imine (C=N–C) groups is 1. The summed E-state index contributed by atoms with van der Waals surface area (Å²) in [4.78, 5) is 4.66. The maximum Gasteiger partial charge on any atom is 0.191 e. The van der Waals surface area contributed by atoms with Crippen molar-refractivity contribution in [1.82, 2.24) is 10.6 Å². The summed E-state index contributed by atoms with van der Waals surface area (Å²) in [6.45, 7) is 3.45. The standard InChI is InChI=1S/C22H31N3O4.HI/c1-3-23-22(25-15-18(26)19-12-7-13-28-19)24-14-16-8-6-11-20(27-2)21(16)29-17-9-4-5-10-17;/h6-8,11-13,17-18,26H,3-5,9-10,14-15H2,1-2H3,(H2,23,24,25);1H. The molecule has 0 spiro atoms. The largest absolute Gasteiger partial charge is 0.493 e. The summed E-state index contributed by atoms with van der Waals surface area (Å²) < 4.78 is 17.0. The number of halogens is 1. The highest BCUT2D eigenvalue weighted by molar-refractivity contribution is 14.0. The quantitative estimate of drug-likeness (QED) is 0.259. The number of aliphatic hydroxyl groups excluding tert-OH is 1. The molecule has 0 saturated heterocycles. The van der Waals surface area contributed by atoms with Crippen LogP contribution in [0.4, 0.5) is 0 Å². The van der Waals surface area contributed by atoms with Gasteiger partial charge in [-0.2, -0.15) is 0 Å². The molecule has 1 fully saturated rings. The fourth-order valence-corrected chi connectivity index (χ4v) is 3.43. The van der Waals surface area contributed by atoms with Crippen LogP contribution in [0.2, 0.25) is 0 Å². The maximum atomic E-state index is 10.2. The summed E-state index contributed by atoms with van der Waals surface area (Å²) in [6, 6.07) is 9.39. The second-order valence-corrected chi connectivity index (χ2v) is 7.08. The highest BCUT2D eigenvalue weighted by Crippen LogP contribution is 2.35. The van der Waals surface area contributed by atoms with Crippen molar-refractivity contribution in [3.63, 3.8) is 0 Å². The van der Waals surface area contributed by atoms with E-state index in [1.165, 1.54) is 12.8 Å². The Morgan fingerprint density at radius 2 is 2.03 bits per heavy atom. The van der Waals surface area contributed by atoms with Crippen molar-refractivity contribution in [2.45, 2.75) is 51.4 Å². The number of methoxy groups -OCH3 is 1. The van der Waals surface area contributed by atoms with E-state index in [0.29, 0.717) is 31.4 Å². The van der Waals surface area contributed by atoms with E-state index in [1.54, 1.807) is 25.5 Å². The average molecular weight is 529 g/mol. The molecule has 0 radical (unpaired) electrons. The number of guanidine groups is 1. The van der Waals surface area contributed by atoms with Crippen LogP contribution in [-0.4, -0.2) is 37.4 Å². The van der Waals surface area contributed by atoms with Crippen LogP contribution >= 0.6 is 24.0 Å². The molecule has 7 nitrogen and oxygen atoms in total. The first-order valence-electron chi connectivity index (χ1n) is 10.3. The number of hydrogen-bond donors (Lipinski definition) is 3. The molecule has 0 bridgehead atoms. The SMILES string of the molecule is CCNC(=NCc1cccc(OC)c1OC1CCCC1)NCC(O)c1ccco1.I. The van der Waals surface area contributed by atoms with Crippen molar-refractivity contribution in [3.05, 3.63) is 47.9 Å². The zero-order chi connectivity index (χ0) is 20.5. The summed E-state index contributed by atoms with van der Waals surface area (Å²) >= 11 is 0. The Morgan fingerprint density at radius 1 is 1.23 bits per heavy atom. The van der Waals surface area contributed by atoms with Crippen molar-refractivity contribution in [1.29, 1.82) is 0 Å². The second-order valence-electron chi connectivity index (χ2n) is 7.08. The van der Waals surface area contributed by atoms with Crippen molar-refractivity contribution >= 4 is 29.9 Å². The lowest BCUT2D eigenvalue weighted by Gasteiger charge is -2.19. The molecule has 3 rings (SSSR count). The van der Waals surface area contributed by atoms with Crippen LogP contribution in [0.15, 0.2) is 46.0 Å². The van der Waals surface area contributed by atoms with Gasteiger partial charge in [-0.05, 0) is 50.8 Å². The van der Waals surface area contributed by atoms with Gasteiger partial charge in [0.05, 0.1) is 32.6 Å². The van der Waals surface area contributed by atoms with Crippen LogP contribution in [0, 0.1) is 0 Å². The predicted molar refractivity (Wildman–Crippen MR) is 128 cm³/mol. The van der Waals surface area contributed by atoms with Crippen LogP contribution in [0.1, 0.15) is 50.0 Å². The highest BCUT2D eigenvalue weighted by Gasteiger charge is 2.20. The molecule has 8 heteroatoms. The first-order valence-corrected chi connectivity index (χ1v) is 10.3. The molecule has 166 valence electrons. The average Bonchev–Trinajstić information content (AvgIpc) is 3.44. The number of aliphatic hydroxyl groups is 1. The third-order valence-corrected chi connectivity index (χ3v) is 4.95. The molecule has 1 aliphatic carbocycles. The van der Waals surface area contributed by atoms with Gasteiger partial charge in [-0.25, -0.2) is 4.99 Å². The zero-order valence-electron chi connectivity index (χ0n) is 17.6. The van der Waals surface area contributed by atoms with E-state index >= 15 is 0 Å². The number of nitrogens with zero attached hydrogens (tertiary/aromatic N) is 1. The van der Waals surface area contributed by atoms with E-state index in [4.69, 9.17) is 13.9 Å². The van der Waals surface area contributed by atoms with E-state index in [9.17, 15) is 5.11 Å². The van der Waals surface area contributed by atoms with Gasteiger partial charge in [0.2, 0.25) is 0 Å². The Kier molecular flexibility index (Phi) is 10.3. The summed E-state index contributed by atoms with van der Waals surface area (Å²) in [6.07, 6.45) is 5.62. The monoisotopic (exact) mass is 529 g/mol. The molecular formula is C22H32IN3O4. The minimum atomic E-state index is -0.744. The second kappa shape index (κ2) is 12.7. The summed E-state index contributed by atoms with van der Waals surface area (Å²) in [5.41, 5.74) is 0.972. The van der Waals surface area contributed by atoms with E-state index < -0.39 is 6.10 Å². The molecule has 0 amide bonds. The van der Waals surface area contributed by atoms with Crippen LogP contribution < -0.4 is 20.1 Å². The Morgan fingerprint density at radius 3 is 2.70 bits per heavy atom. The van der Waals surface area contributed by atoms with Gasteiger partial charge < -0.3 is 29.6 Å². The molecular weight excluding hydrogens is 497 g/mol. The minimum Gasteiger partial charge on any atom is -0.493 e. The molecule has 2 aromatic rings. The normalized spacial score (nSPS) is 15.4. The van der Waals surface area contributed by atoms with Gasteiger partial charge in [-0.1, -0.05) is 12.1 Å². The lowest BCUT2D eigenvalue weighted by molar-refractivity contribution is 0.153. The molecule has 3 N–H and O–H groups in total. The molecule has 1 saturated carbocycles. The molecule has 1 aromatic carbocycles. The number of para-hydroxylation sites is 1. The van der Waals surface area contributed by atoms with E-state index in [-0.39, 0.29) is 30.1 Å². The van der Waals surface area contributed by atoms with E-state index in [2.05, 4.69) is 15.6 Å². The lowest BCUT2D eigenvalue weighted by Crippen LogP contribution is -2.39. The van der Waals surface area contributed by atoms with Crippen LogP contribution in [0.5, 0.6) is 11.5 Å². The number of hydrogen-bond acceptors (Lipinski definition) is 5. The third kappa shape index (κ3) is 6.80. The van der Waals surface area contributed by atoms with Crippen molar-refractivity contribution in [2.75, 3.05) is 20.2 Å². The topological polar surface area (TPSA) is 88.3 Å². The van der Waals surface area contributed by atoms with Gasteiger partial charge >= 0.3 is 0 Å². The molecule has 1 aliphatic rings. The van der Waals surface area contributed by atoms with Gasteiger partial charge in [0.25, 0.3) is 0 Å². The number of rotatable bonds is 9. The predicted octanol–water partition coefficient (Wildman–Crippen LogP) is 4.02. The summed E-state index contributed by atoms with van der Waals surface area (Å²) in [5, 5.41) is 16.6. The molecule has 0 aliphatic heterocycles. The van der Waals surface area contributed by atoms with Crippen molar-refractivity contribution in [3.8, 4) is 11.5 Å². The summed E-state index contributed by atoms with van der Waals surface area (Å²) in [5.74, 6) is 2.65. The molecule has 30 heavy (non-hydrogen) atoms. The molecule has 1 aromatic heterocycles. The molecule has 1 heterocycles. The van der Waals surface area contributed by atoms with Crippen molar-refractivity contribution < 1.29 is 19.0 Å². The molecule has 1 atom stereocenters. The number of ether oxygens (including phenoxy) is 2. The van der Waals surface area contributed by atoms with Crippen LogP contribution in [0.3, 0.4) is 0 Å². The van der Waals surface area contributed by atoms with E-state index in [1.807, 2.05) is 25.1 Å². The highest BCUT2D eigenvalue weighted by atomic mass is 127. The zero-order valence-corrected chi connectivity index (χ0v) is 19.9. The van der Waals surface area contributed by atoms with Gasteiger partial charge in [0, 0.05) is 12.1 Å².